The van der Waals surface area contributed by atoms with Crippen LogP contribution in [0.25, 0.3) is 0 Å². The fraction of sp³-hybridized carbons (Fsp3) is 0.500. The third-order valence-electron chi connectivity index (χ3n) is 3.27. The van der Waals surface area contributed by atoms with Gasteiger partial charge in [-0.2, -0.15) is 0 Å². The number of hydrogen-bond acceptors (Lipinski definition) is 5. The van der Waals surface area contributed by atoms with Crippen molar-refractivity contribution in [3.8, 4) is 5.75 Å². The molecule has 1 aliphatic rings. The van der Waals surface area contributed by atoms with Gasteiger partial charge in [-0.3, -0.25) is 4.79 Å². The monoisotopic (exact) mass is 266 g/mol. The van der Waals surface area contributed by atoms with Crippen molar-refractivity contribution in [2.75, 3.05) is 0 Å². The zero-order chi connectivity index (χ0) is 14.0. The molecule has 1 heterocycles. The minimum absolute atomic E-state index is 0.209. The Hall–Kier alpha value is -1.59. The number of aliphatic hydroxyl groups excluding tert-OH is 1. The number of ether oxygens (including phenoxy) is 2. The van der Waals surface area contributed by atoms with E-state index in [1.54, 1.807) is 19.1 Å². The van der Waals surface area contributed by atoms with E-state index in [0.717, 1.165) is 11.1 Å². The average molecular weight is 266 g/mol. The molecule has 0 aliphatic carbocycles. The van der Waals surface area contributed by atoms with Gasteiger partial charge in [-0.1, -0.05) is 12.1 Å². The predicted octanol–water partition coefficient (Wildman–Crippen LogP) is 1.67. The van der Waals surface area contributed by atoms with Gasteiger partial charge in [0.05, 0.1) is 18.8 Å². The van der Waals surface area contributed by atoms with E-state index in [9.17, 15) is 15.0 Å². The summed E-state index contributed by atoms with van der Waals surface area (Å²) >= 11 is 0. The number of aromatic hydroxyl groups is 1. The van der Waals surface area contributed by atoms with Crippen molar-refractivity contribution < 1.29 is 24.5 Å². The summed E-state index contributed by atoms with van der Waals surface area (Å²) in [5, 5.41) is 19.4. The van der Waals surface area contributed by atoms with Crippen LogP contribution in [0.3, 0.4) is 0 Å². The van der Waals surface area contributed by atoms with E-state index >= 15 is 0 Å². The first-order valence-electron chi connectivity index (χ1n) is 6.26. The minimum Gasteiger partial charge on any atom is -0.508 e. The highest BCUT2D eigenvalue weighted by Gasteiger charge is 2.30. The predicted molar refractivity (Wildman–Crippen MR) is 67.5 cm³/mol. The van der Waals surface area contributed by atoms with Gasteiger partial charge < -0.3 is 19.7 Å². The fourth-order valence-electron chi connectivity index (χ4n) is 2.29. The molecule has 104 valence electrons. The highest BCUT2D eigenvalue weighted by atomic mass is 16.6. The molecule has 1 aliphatic heterocycles. The van der Waals surface area contributed by atoms with Gasteiger partial charge in [0.15, 0.2) is 0 Å². The number of hydrogen-bond donors (Lipinski definition) is 2. The van der Waals surface area contributed by atoms with Crippen LogP contribution < -0.4 is 0 Å². The van der Waals surface area contributed by atoms with Gasteiger partial charge in [-0.25, -0.2) is 0 Å². The highest BCUT2D eigenvalue weighted by molar-refractivity contribution is 5.66. The number of phenols is 1. The molecule has 1 aromatic carbocycles. The van der Waals surface area contributed by atoms with Crippen LogP contribution in [0.15, 0.2) is 18.2 Å². The van der Waals surface area contributed by atoms with Crippen LogP contribution in [0.4, 0.5) is 0 Å². The molecule has 2 N–H and O–H groups in total. The molecule has 1 unspecified atom stereocenters. The fourth-order valence-corrected chi connectivity index (χ4v) is 2.29. The lowest BCUT2D eigenvalue weighted by atomic mass is 9.98. The van der Waals surface area contributed by atoms with Crippen molar-refractivity contribution in [3.05, 3.63) is 29.3 Å². The summed E-state index contributed by atoms with van der Waals surface area (Å²) in [7, 11) is 0. The summed E-state index contributed by atoms with van der Waals surface area (Å²) in [5.41, 5.74) is 1.65. The van der Waals surface area contributed by atoms with Crippen molar-refractivity contribution in [2.45, 2.75) is 45.2 Å². The van der Waals surface area contributed by atoms with E-state index in [2.05, 4.69) is 0 Å². The first kappa shape index (κ1) is 13.8. The summed E-state index contributed by atoms with van der Waals surface area (Å²) in [6, 6.07) is 5.24. The largest absolute Gasteiger partial charge is 0.508 e. The van der Waals surface area contributed by atoms with Gasteiger partial charge in [-0.15, -0.1) is 0 Å². The van der Waals surface area contributed by atoms with E-state index in [1.807, 2.05) is 6.07 Å². The third kappa shape index (κ3) is 3.05. The number of benzene rings is 1. The second kappa shape index (κ2) is 5.59. The van der Waals surface area contributed by atoms with Gasteiger partial charge in [0, 0.05) is 18.9 Å². The van der Waals surface area contributed by atoms with E-state index < -0.39 is 18.2 Å². The van der Waals surface area contributed by atoms with Crippen LogP contribution in [-0.2, 0) is 20.9 Å². The number of esters is 1. The molecule has 0 saturated heterocycles. The lowest BCUT2D eigenvalue weighted by Crippen LogP contribution is -2.30. The minimum atomic E-state index is -0.770. The van der Waals surface area contributed by atoms with Crippen LogP contribution in [-0.4, -0.2) is 28.4 Å². The number of fused-ring (bicyclic) bond motifs is 1. The Labute approximate surface area is 111 Å². The molecule has 0 spiro atoms. The first-order chi connectivity index (χ1) is 8.99. The van der Waals surface area contributed by atoms with Crippen LogP contribution in [0, 0.1) is 0 Å². The van der Waals surface area contributed by atoms with E-state index in [1.165, 1.54) is 6.92 Å². The van der Waals surface area contributed by atoms with E-state index in [0.29, 0.717) is 13.0 Å². The summed E-state index contributed by atoms with van der Waals surface area (Å²) in [6.45, 7) is 3.22. The Morgan fingerprint density at radius 2 is 2.32 bits per heavy atom. The summed E-state index contributed by atoms with van der Waals surface area (Å²) in [4.78, 5) is 11.0. The topological polar surface area (TPSA) is 76.0 Å². The molecule has 2 rings (SSSR count). The Bertz CT molecular complexity index is 469. The second-order valence-electron chi connectivity index (χ2n) is 4.77. The molecule has 0 radical (unpaired) electrons. The Kier molecular flexibility index (Phi) is 4.07. The number of carbonyl (C=O) groups is 1. The van der Waals surface area contributed by atoms with Gasteiger partial charge in [-0.05, 0) is 18.6 Å². The maximum absolute atomic E-state index is 11.0. The molecule has 5 heteroatoms. The van der Waals surface area contributed by atoms with Crippen LogP contribution in [0.2, 0.25) is 0 Å². The molecule has 0 bridgehead atoms. The molecular formula is C14H18O5. The van der Waals surface area contributed by atoms with Crippen LogP contribution in [0.1, 0.15) is 37.5 Å². The third-order valence-corrected chi connectivity index (χ3v) is 3.27. The SMILES string of the molecule is CC(=O)OC(C[C@H]1OCc2c(O)cccc21)[C@H](C)O. The maximum Gasteiger partial charge on any atom is 0.302 e. The first-order valence-corrected chi connectivity index (χ1v) is 6.26. The molecule has 0 saturated carbocycles. The molecule has 1 aromatic rings. The second-order valence-corrected chi connectivity index (χ2v) is 4.77. The summed E-state index contributed by atoms with van der Waals surface area (Å²) in [6.07, 6.45) is -1.29. The summed E-state index contributed by atoms with van der Waals surface area (Å²) < 4.78 is 10.7. The van der Waals surface area contributed by atoms with Crippen molar-refractivity contribution in [1.82, 2.24) is 0 Å². The molecule has 3 atom stereocenters. The Balaban J connectivity index is 2.13. The Morgan fingerprint density at radius 3 is 2.95 bits per heavy atom. The number of phenolic OH excluding ortho intramolecular Hbond substituents is 1. The quantitative estimate of drug-likeness (QED) is 0.811. The van der Waals surface area contributed by atoms with E-state index in [-0.39, 0.29) is 11.9 Å². The van der Waals surface area contributed by atoms with Gasteiger partial charge in [0.25, 0.3) is 0 Å². The maximum atomic E-state index is 11.0. The van der Waals surface area contributed by atoms with Crippen molar-refractivity contribution in [3.63, 3.8) is 0 Å². The Morgan fingerprint density at radius 1 is 1.58 bits per heavy atom. The van der Waals surface area contributed by atoms with Crippen molar-refractivity contribution in [1.29, 1.82) is 0 Å². The van der Waals surface area contributed by atoms with Gasteiger partial charge in [0.1, 0.15) is 11.9 Å². The highest BCUT2D eigenvalue weighted by Crippen LogP contribution is 2.38. The lowest BCUT2D eigenvalue weighted by Gasteiger charge is -2.23. The van der Waals surface area contributed by atoms with E-state index in [4.69, 9.17) is 9.47 Å². The average Bonchev–Trinajstić information content (AvgIpc) is 2.72. The number of carbonyl (C=O) groups excluding carboxylic acids is 1. The number of aliphatic hydroxyl groups is 1. The molecule has 5 nitrogen and oxygen atoms in total. The molecule has 0 fully saturated rings. The zero-order valence-corrected chi connectivity index (χ0v) is 11.0. The molecule has 19 heavy (non-hydrogen) atoms. The molecular weight excluding hydrogens is 248 g/mol. The normalized spacial score (nSPS) is 20.7. The lowest BCUT2D eigenvalue weighted by molar-refractivity contribution is -0.154. The zero-order valence-electron chi connectivity index (χ0n) is 11.0. The standard InChI is InChI=1S/C14H18O5/c1-8(15)13(19-9(2)16)6-14-10-4-3-5-12(17)11(10)7-18-14/h3-5,8,13-15,17H,6-7H2,1-2H3/t8-,13?,14+/m0/s1. The van der Waals surface area contributed by atoms with Gasteiger partial charge in [0.2, 0.25) is 0 Å². The van der Waals surface area contributed by atoms with Crippen molar-refractivity contribution in [2.24, 2.45) is 0 Å². The van der Waals surface area contributed by atoms with Crippen LogP contribution in [0.5, 0.6) is 5.75 Å². The smallest absolute Gasteiger partial charge is 0.302 e. The van der Waals surface area contributed by atoms with Crippen molar-refractivity contribution >= 4 is 5.97 Å². The number of rotatable bonds is 4. The summed E-state index contributed by atoms with van der Waals surface area (Å²) in [5.74, 6) is -0.221. The molecule has 0 aromatic heterocycles. The molecule has 0 amide bonds. The van der Waals surface area contributed by atoms with Gasteiger partial charge >= 0.3 is 5.97 Å². The van der Waals surface area contributed by atoms with Crippen LogP contribution >= 0.6 is 0 Å².